The molecule has 2 atom stereocenters. The Hall–Kier alpha value is -2.87. The molecule has 1 aromatic heterocycles. The number of methoxy groups -OCH3 is 1. The van der Waals surface area contributed by atoms with E-state index >= 15 is 0 Å². The van der Waals surface area contributed by atoms with Crippen LogP contribution in [0.4, 0.5) is 5.95 Å². The van der Waals surface area contributed by atoms with Crippen LogP contribution in [0.1, 0.15) is 30.3 Å². The fraction of sp³-hybridized carbons (Fsp3) is 0.421. The first-order chi connectivity index (χ1) is 13.2. The van der Waals surface area contributed by atoms with E-state index in [0.29, 0.717) is 29.9 Å². The summed E-state index contributed by atoms with van der Waals surface area (Å²) >= 11 is 0. The summed E-state index contributed by atoms with van der Waals surface area (Å²) in [5.41, 5.74) is 1.34. The van der Waals surface area contributed by atoms with Crippen LogP contribution in [-0.2, 0) is 4.74 Å². The number of hydrogen-bond donors (Lipinski definition) is 2. The number of aryl methyl sites for hydroxylation is 1. The second kappa shape index (κ2) is 7.40. The maximum atomic E-state index is 12.7. The molecule has 2 aliphatic heterocycles. The highest BCUT2D eigenvalue weighted by Gasteiger charge is 2.28. The van der Waals surface area contributed by atoms with Gasteiger partial charge in [0.25, 0.3) is 5.56 Å². The Kier molecular flexibility index (Phi) is 4.81. The average molecular weight is 369 g/mol. The van der Waals surface area contributed by atoms with E-state index in [1.54, 1.807) is 18.6 Å². The van der Waals surface area contributed by atoms with Crippen LogP contribution in [0.3, 0.4) is 0 Å². The number of fused-ring (bicyclic) bond motifs is 1. The summed E-state index contributed by atoms with van der Waals surface area (Å²) in [7, 11) is 1.61. The van der Waals surface area contributed by atoms with Gasteiger partial charge in [0.15, 0.2) is 5.96 Å². The zero-order valence-corrected chi connectivity index (χ0v) is 15.4. The highest BCUT2D eigenvalue weighted by Crippen LogP contribution is 2.28. The number of aromatic nitrogens is 2. The first kappa shape index (κ1) is 17.5. The van der Waals surface area contributed by atoms with E-state index in [9.17, 15) is 4.79 Å². The van der Waals surface area contributed by atoms with Crippen LogP contribution in [0.2, 0.25) is 0 Å². The van der Waals surface area contributed by atoms with Crippen LogP contribution in [0.5, 0.6) is 5.75 Å². The molecule has 8 heteroatoms. The maximum Gasteiger partial charge on any atom is 0.257 e. The predicted molar refractivity (Wildman–Crippen MR) is 102 cm³/mol. The smallest absolute Gasteiger partial charge is 0.257 e. The first-order valence-corrected chi connectivity index (χ1v) is 9.08. The van der Waals surface area contributed by atoms with Gasteiger partial charge in [0.1, 0.15) is 11.9 Å². The minimum Gasteiger partial charge on any atom is -0.496 e. The van der Waals surface area contributed by atoms with Crippen molar-refractivity contribution in [3.05, 3.63) is 51.9 Å². The van der Waals surface area contributed by atoms with Crippen LogP contribution in [-0.4, -0.2) is 41.9 Å². The molecule has 2 aliphatic rings. The number of rotatable bonds is 4. The number of aliphatic imine (C=N–C) groups is 1. The van der Waals surface area contributed by atoms with Crippen LogP contribution < -0.4 is 20.9 Å². The first-order valence-electron chi connectivity index (χ1n) is 9.08. The van der Waals surface area contributed by atoms with Gasteiger partial charge in [-0.1, -0.05) is 18.2 Å². The number of ether oxygens (including phenoxy) is 2. The number of hydrogen-bond acceptors (Lipinski definition) is 5. The molecule has 4 rings (SSSR count). The second-order valence-corrected chi connectivity index (χ2v) is 6.67. The van der Waals surface area contributed by atoms with Crippen molar-refractivity contribution in [2.45, 2.75) is 32.0 Å². The lowest BCUT2D eigenvalue weighted by atomic mass is 10.1. The molecule has 142 valence electrons. The largest absolute Gasteiger partial charge is 0.496 e. The molecule has 1 aromatic carbocycles. The van der Waals surface area contributed by atoms with E-state index < -0.39 is 6.17 Å². The van der Waals surface area contributed by atoms with E-state index in [-0.39, 0.29) is 11.7 Å². The van der Waals surface area contributed by atoms with Gasteiger partial charge in [-0.15, -0.1) is 0 Å². The highest BCUT2D eigenvalue weighted by atomic mass is 16.5. The summed E-state index contributed by atoms with van der Waals surface area (Å²) in [5.74, 6) is 1.72. The van der Waals surface area contributed by atoms with Crippen molar-refractivity contribution in [1.82, 2.24) is 14.9 Å². The zero-order valence-electron chi connectivity index (χ0n) is 15.4. The summed E-state index contributed by atoms with van der Waals surface area (Å²) in [6.07, 6.45) is 1.75. The minimum atomic E-state index is -0.471. The molecule has 3 heterocycles. The third-order valence-corrected chi connectivity index (χ3v) is 4.75. The van der Waals surface area contributed by atoms with E-state index in [4.69, 9.17) is 9.47 Å². The van der Waals surface area contributed by atoms with Gasteiger partial charge in [-0.25, -0.2) is 4.98 Å². The molecular formula is C19H23N5O3. The van der Waals surface area contributed by atoms with Gasteiger partial charge in [0.05, 0.1) is 19.8 Å². The van der Waals surface area contributed by atoms with Crippen molar-refractivity contribution < 1.29 is 9.47 Å². The molecule has 2 N–H and O–H groups in total. The molecule has 0 spiro atoms. The average Bonchev–Trinajstić information content (AvgIpc) is 3.19. The molecule has 1 saturated heterocycles. The fourth-order valence-corrected chi connectivity index (χ4v) is 3.46. The standard InChI is InChI=1S/C19H23N5O3/c1-12-10-16(25)24-17(14-7-3-4-8-15(14)26-2)22-18(23-19(24)21-12)20-11-13-6-5-9-27-13/h3-4,7-8,10,13,17H,5-6,9,11H2,1-2H3,(H2,20,21,22,23)/t13-,17+/m0/s1. The molecular weight excluding hydrogens is 346 g/mol. The molecule has 1 fully saturated rings. The molecule has 27 heavy (non-hydrogen) atoms. The maximum absolute atomic E-state index is 12.7. The van der Waals surface area contributed by atoms with E-state index in [2.05, 4.69) is 20.6 Å². The van der Waals surface area contributed by atoms with Crippen molar-refractivity contribution in [2.75, 3.05) is 25.6 Å². The topological polar surface area (TPSA) is 89.8 Å². The summed E-state index contributed by atoms with van der Waals surface area (Å²) in [6.45, 7) is 3.15. The summed E-state index contributed by atoms with van der Waals surface area (Å²) < 4.78 is 12.7. The minimum absolute atomic E-state index is 0.139. The van der Waals surface area contributed by atoms with E-state index in [0.717, 1.165) is 25.0 Å². The third kappa shape index (κ3) is 3.52. The highest BCUT2D eigenvalue weighted by molar-refractivity contribution is 5.93. The lowest BCUT2D eigenvalue weighted by molar-refractivity contribution is 0.117. The molecule has 0 bridgehead atoms. The summed E-state index contributed by atoms with van der Waals surface area (Å²) in [6, 6.07) is 9.12. The van der Waals surface area contributed by atoms with Crippen LogP contribution in [0, 0.1) is 6.92 Å². The molecule has 0 aliphatic carbocycles. The molecule has 0 saturated carbocycles. The van der Waals surface area contributed by atoms with Crippen LogP contribution in [0.25, 0.3) is 0 Å². The van der Waals surface area contributed by atoms with Gasteiger partial charge < -0.3 is 14.8 Å². The fourth-order valence-electron chi connectivity index (χ4n) is 3.46. The summed E-state index contributed by atoms with van der Waals surface area (Å²) in [5, 5.41) is 6.45. The van der Waals surface area contributed by atoms with Gasteiger partial charge in [0, 0.05) is 23.9 Å². The number of nitrogens with one attached hydrogen (secondary N) is 2. The van der Waals surface area contributed by atoms with E-state index in [1.807, 2.05) is 24.3 Å². The van der Waals surface area contributed by atoms with Gasteiger partial charge in [-0.05, 0) is 25.8 Å². The van der Waals surface area contributed by atoms with Crippen molar-refractivity contribution >= 4 is 11.9 Å². The van der Waals surface area contributed by atoms with Gasteiger partial charge in [-0.2, -0.15) is 0 Å². The Morgan fingerprint density at radius 1 is 1.41 bits per heavy atom. The number of nitrogens with zero attached hydrogens (tertiary/aromatic N) is 3. The zero-order chi connectivity index (χ0) is 18.8. The summed E-state index contributed by atoms with van der Waals surface area (Å²) in [4.78, 5) is 21.8. The SMILES string of the molecule is COc1ccccc1[C@@H]1NC(=NC[C@@H]2CCCO2)Nc2nc(C)cc(=O)n21. The van der Waals surface area contributed by atoms with Gasteiger partial charge in [0.2, 0.25) is 5.95 Å². The lowest BCUT2D eigenvalue weighted by Crippen LogP contribution is -2.48. The van der Waals surface area contributed by atoms with Crippen LogP contribution in [0.15, 0.2) is 40.1 Å². The van der Waals surface area contributed by atoms with Crippen molar-refractivity contribution in [1.29, 1.82) is 0 Å². The normalized spacial score (nSPS) is 22.8. The molecule has 8 nitrogen and oxygen atoms in total. The molecule has 0 unspecified atom stereocenters. The lowest BCUT2D eigenvalue weighted by Gasteiger charge is -2.31. The third-order valence-electron chi connectivity index (χ3n) is 4.75. The van der Waals surface area contributed by atoms with Crippen molar-refractivity contribution in [2.24, 2.45) is 4.99 Å². The Morgan fingerprint density at radius 3 is 3.04 bits per heavy atom. The van der Waals surface area contributed by atoms with Crippen LogP contribution >= 0.6 is 0 Å². The number of guanidine groups is 1. The Labute approximate surface area is 157 Å². The molecule has 0 radical (unpaired) electrons. The predicted octanol–water partition coefficient (Wildman–Crippen LogP) is 1.66. The Bertz CT molecular complexity index is 918. The Balaban J connectivity index is 1.74. The van der Waals surface area contributed by atoms with Gasteiger partial charge >= 0.3 is 0 Å². The number of anilines is 1. The number of benzene rings is 1. The van der Waals surface area contributed by atoms with Crippen molar-refractivity contribution in [3.63, 3.8) is 0 Å². The molecule has 2 aromatic rings. The quantitative estimate of drug-likeness (QED) is 0.852. The molecule has 0 amide bonds. The number of para-hydroxylation sites is 1. The monoisotopic (exact) mass is 369 g/mol. The van der Waals surface area contributed by atoms with Crippen molar-refractivity contribution in [3.8, 4) is 5.75 Å². The van der Waals surface area contributed by atoms with Gasteiger partial charge in [-0.3, -0.25) is 19.7 Å². The second-order valence-electron chi connectivity index (χ2n) is 6.67. The Morgan fingerprint density at radius 2 is 2.26 bits per heavy atom. The van der Waals surface area contributed by atoms with E-state index in [1.165, 1.54) is 6.07 Å².